The predicted octanol–water partition coefficient (Wildman–Crippen LogP) is 3.13. The molecule has 18 heavy (non-hydrogen) atoms. The lowest BCUT2D eigenvalue weighted by Crippen LogP contribution is -2.37. The molecule has 0 aromatic rings. The van der Waals surface area contributed by atoms with Crippen LogP contribution < -0.4 is 5.32 Å². The van der Waals surface area contributed by atoms with Gasteiger partial charge in [-0.3, -0.25) is 0 Å². The molecule has 1 heterocycles. The van der Waals surface area contributed by atoms with Gasteiger partial charge in [-0.25, -0.2) is 0 Å². The van der Waals surface area contributed by atoms with Gasteiger partial charge in [0.2, 0.25) is 0 Å². The van der Waals surface area contributed by atoms with Crippen molar-refractivity contribution in [3.8, 4) is 0 Å². The Morgan fingerprint density at radius 1 is 1.06 bits per heavy atom. The molecule has 0 aromatic carbocycles. The summed E-state index contributed by atoms with van der Waals surface area (Å²) in [5, 5.41) is 3.79. The van der Waals surface area contributed by atoms with Crippen molar-refractivity contribution in [1.29, 1.82) is 0 Å². The Kier molecular flexibility index (Phi) is 4.71. The molecule has 106 valence electrons. The first-order valence-corrected chi connectivity index (χ1v) is 7.87. The first kappa shape index (κ1) is 14.3. The summed E-state index contributed by atoms with van der Waals surface area (Å²) in [5.74, 6) is 1.89. The van der Waals surface area contributed by atoms with Crippen molar-refractivity contribution >= 4 is 0 Å². The molecule has 0 amide bonds. The minimum absolute atomic E-state index is 0.520. The van der Waals surface area contributed by atoms with Crippen molar-refractivity contribution < 1.29 is 0 Å². The molecule has 1 saturated heterocycles. The van der Waals surface area contributed by atoms with E-state index in [0.717, 1.165) is 17.9 Å². The molecular formula is C16H32N2. The molecule has 1 aliphatic carbocycles. The van der Waals surface area contributed by atoms with Crippen LogP contribution >= 0.6 is 0 Å². The van der Waals surface area contributed by atoms with E-state index >= 15 is 0 Å². The quantitative estimate of drug-likeness (QED) is 0.830. The number of hydrogen-bond donors (Lipinski definition) is 1. The summed E-state index contributed by atoms with van der Waals surface area (Å²) in [7, 11) is 2.23. The third-order valence-electron chi connectivity index (χ3n) is 5.16. The minimum Gasteiger partial charge on any atom is -0.312 e. The highest BCUT2D eigenvalue weighted by Crippen LogP contribution is 2.39. The lowest BCUT2D eigenvalue weighted by Gasteiger charge is -2.37. The molecule has 1 unspecified atom stereocenters. The number of hydrogen-bond acceptors (Lipinski definition) is 2. The van der Waals surface area contributed by atoms with Gasteiger partial charge in [0.05, 0.1) is 0 Å². The molecule has 0 spiro atoms. The van der Waals surface area contributed by atoms with Crippen molar-refractivity contribution in [2.45, 2.75) is 58.9 Å². The van der Waals surface area contributed by atoms with Gasteiger partial charge in [-0.1, -0.05) is 20.8 Å². The van der Waals surface area contributed by atoms with E-state index in [0.29, 0.717) is 5.41 Å². The Balaban J connectivity index is 1.65. The maximum Gasteiger partial charge on any atom is 0.0207 e. The van der Waals surface area contributed by atoms with Gasteiger partial charge in [-0.15, -0.1) is 0 Å². The molecule has 1 atom stereocenters. The van der Waals surface area contributed by atoms with Gasteiger partial charge in [0.1, 0.15) is 0 Å². The van der Waals surface area contributed by atoms with Crippen LogP contribution in [0.1, 0.15) is 52.9 Å². The standard InChI is InChI=1S/C16H32N2/c1-16(2,3)14-7-5-13(6-8-14)11-17-15-9-10-18(4)12-15/h13-15,17H,5-12H2,1-4H3. The molecule has 0 bridgehead atoms. The zero-order valence-electron chi connectivity index (χ0n) is 12.8. The number of nitrogens with one attached hydrogen (secondary N) is 1. The third kappa shape index (κ3) is 3.96. The molecule has 2 aliphatic rings. The second kappa shape index (κ2) is 5.92. The van der Waals surface area contributed by atoms with E-state index in [1.165, 1.54) is 51.7 Å². The lowest BCUT2D eigenvalue weighted by atomic mass is 9.70. The van der Waals surface area contributed by atoms with Crippen molar-refractivity contribution in [2.75, 3.05) is 26.7 Å². The van der Waals surface area contributed by atoms with Crippen LogP contribution in [0, 0.1) is 17.3 Å². The van der Waals surface area contributed by atoms with Gasteiger partial charge < -0.3 is 10.2 Å². The number of likely N-dealkylation sites (tertiary alicyclic amines) is 1. The summed E-state index contributed by atoms with van der Waals surface area (Å²) in [6.45, 7) is 11.0. The van der Waals surface area contributed by atoms with Gasteiger partial charge in [0, 0.05) is 12.6 Å². The zero-order valence-corrected chi connectivity index (χ0v) is 12.8. The van der Waals surface area contributed by atoms with E-state index in [1.807, 2.05) is 0 Å². The van der Waals surface area contributed by atoms with Crippen LogP contribution in [0.15, 0.2) is 0 Å². The second-order valence-corrected chi connectivity index (χ2v) is 7.74. The average molecular weight is 252 g/mol. The number of likely N-dealkylation sites (N-methyl/N-ethyl adjacent to an activating group) is 1. The monoisotopic (exact) mass is 252 g/mol. The average Bonchev–Trinajstić information content (AvgIpc) is 2.72. The van der Waals surface area contributed by atoms with Crippen LogP contribution in [0.3, 0.4) is 0 Å². The number of rotatable bonds is 3. The summed E-state index contributed by atoms with van der Waals surface area (Å²) in [6, 6.07) is 0.760. The normalized spacial score (nSPS) is 35.0. The van der Waals surface area contributed by atoms with Gasteiger partial charge in [-0.2, -0.15) is 0 Å². The van der Waals surface area contributed by atoms with Crippen molar-refractivity contribution in [1.82, 2.24) is 10.2 Å². The molecule has 2 heteroatoms. The zero-order chi connectivity index (χ0) is 13.2. The third-order valence-corrected chi connectivity index (χ3v) is 5.16. The molecule has 1 saturated carbocycles. The van der Waals surface area contributed by atoms with Crippen LogP contribution in [-0.4, -0.2) is 37.6 Å². The predicted molar refractivity (Wildman–Crippen MR) is 78.8 cm³/mol. The van der Waals surface area contributed by atoms with Crippen molar-refractivity contribution in [2.24, 2.45) is 17.3 Å². The van der Waals surface area contributed by atoms with Gasteiger partial charge in [0.15, 0.2) is 0 Å². The van der Waals surface area contributed by atoms with E-state index in [2.05, 4.69) is 38.0 Å². The smallest absolute Gasteiger partial charge is 0.0207 e. The van der Waals surface area contributed by atoms with Crippen LogP contribution in [0.2, 0.25) is 0 Å². The van der Waals surface area contributed by atoms with Crippen molar-refractivity contribution in [3.05, 3.63) is 0 Å². The largest absolute Gasteiger partial charge is 0.312 e. The van der Waals surface area contributed by atoms with E-state index in [9.17, 15) is 0 Å². The first-order chi connectivity index (χ1) is 8.45. The maximum absolute atomic E-state index is 3.79. The Bertz CT molecular complexity index is 248. The fraction of sp³-hybridized carbons (Fsp3) is 1.00. The molecule has 2 nitrogen and oxygen atoms in total. The van der Waals surface area contributed by atoms with Gasteiger partial charge in [-0.05, 0) is 69.5 Å². The van der Waals surface area contributed by atoms with E-state index < -0.39 is 0 Å². The minimum atomic E-state index is 0.520. The Labute approximate surface area is 114 Å². The summed E-state index contributed by atoms with van der Waals surface area (Å²) in [5.41, 5.74) is 0.520. The number of nitrogens with zero attached hydrogens (tertiary/aromatic N) is 1. The Morgan fingerprint density at radius 3 is 2.22 bits per heavy atom. The highest BCUT2D eigenvalue weighted by Gasteiger charge is 2.30. The fourth-order valence-corrected chi connectivity index (χ4v) is 3.67. The van der Waals surface area contributed by atoms with E-state index in [-0.39, 0.29) is 0 Å². The van der Waals surface area contributed by atoms with Crippen LogP contribution in [0.5, 0.6) is 0 Å². The SMILES string of the molecule is CN1CCC(NCC2CCC(C(C)(C)C)CC2)C1. The van der Waals surface area contributed by atoms with Crippen LogP contribution in [0.4, 0.5) is 0 Å². The van der Waals surface area contributed by atoms with E-state index in [4.69, 9.17) is 0 Å². The van der Waals surface area contributed by atoms with E-state index in [1.54, 1.807) is 0 Å². The molecule has 0 radical (unpaired) electrons. The summed E-state index contributed by atoms with van der Waals surface area (Å²) < 4.78 is 0. The Hall–Kier alpha value is -0.0800. The molecule has 1 aliphatic heterocycles. The topological polar surface area (TPSA) is 15.3 Å². The van der Waals surface area contributed by atoms with Gasteiger partial charge in [0.25, 0.3) is 0 Å². The summed E-state index contributed by atoms with van der Waals surface area (Å²) in [4.78, 5) is 2.44. The van der Waals surface area contributed by atoms with Gasteiger partial charge >= 0.3 is 0 Å². The molecule has 2 rings (SSSR count). The van der Waals surface area contributed by atoms with Crippen LogP contribution in [0.25, 0.3) is 0 Å². The second-order valence-electron chi connectivity index (χ2n) is 7.74. The van der Waals surface area contributed by atoms with Crippen LogP contribution in [-0.2, 0) is 0 Å². The highest BCUT2D eigenvalue weighted by atomic mass is 15.2. The maximum atomic E-state index is 3.79. The van der Waals surface area contributed by atoms with Crippen molar-refractivity contribution in [3.63, 3.8) is 0 Å². The summed E-state index contributed by atoms with van der Waals surface area (Å²) >= 11 is 0. The molecular weight excluding hydrogens is 220 g/mol. The fourth-order valence-electron chi connectivity index (χ4n) is 3.67. The highest BCUT2D eigenvalue weighted by molar-refractivity contribution is 4.84. The molecule has 2 fully saturated rings. The summed E-state index contributed by atoms with van der Waals surface area (Å²) in [6.07, 6.45) is 7.11. The lowest BCUT2D eigenvalue weighted by molar-refractivity contribution is 0.147. The Morgan fingerprint density at radius 2 is 1.72 bits per heavy atom. The molecule has 0 aromatic heterocycles. The molecule has 1 N–H and O–H groups in total. The first-order valence-electron chi connectivity index (χ1n) is 7.87.